The molecule has 2 aliphatic rings. The second-order valence-corrected chi connectivity index (χ2v) is 11.8. The van der Waals surface area contributed by atoms with Crippen molar-refractivity contribution in [1.29, 1.82) is 0 Å². The predicted molar refractivity (Wildman–Crippen MR) is 116 cm³/mol. The quantitative estimate of drug-likeness (QED) is 0.404. The van der Waals surface area contributed by atoms with Gasteiger partial charge in [0.05, 0.1) is 11.1 Å². The molecule has 4 rings (SSSR count). The van der Waals surface area contributed by atoms with Crippen LogP contribution in [-0.4, -0.2) is 36.0 Å². The molecule has 0 aliphatic heterocycles. The molecule has 6 nitrogen and oxygen atoms in total. The first-order valence-electron chi connectivity index (χ1n) is 10.2. The van der Waals surface area contributed by atoms with E-state index in [0.717, 1.165) is 60.3 Å². The minimum Gasteiger partial charge on any atom is -0.284 e. The Morgan fingerprint density at radius 3 is 2.71 bits per heavy atom. The average molecular weight is 442 g/mol. The molecule has 0 spiro atoms. The Labute approximate surface area is 174 Å². The van der Waals surface area contributed by atoms with Gasteiger partial charge in [0.25, 0.3) is 5.56 Å². The van der Waals surface area contributed by atoms with Gasteiger partial charge in [-0.3, -0.25) is 9.36 Å². The monoisotopic (exact) mass is 441 g/mol. The number of nitrogens with zero attached hydrogens (tertiary/aromatic N) is 2. The van der Waals surface area contributed by atoms with Gasteiger partial charge in [-0.05, 0) is 51.0 Å². The fraction of sp³-hybridized carbons (Fsp3) is 0.684. The van der Waals surface area contributed by atoms with Gasteiger partial charge in [0.15, 0.2) is 5.16 Å². The van der Waals surface area contributed by atoms with Crippen molar-refractivity contribution in [3.63, 3.8) is 0 Å². The van der Waals surface area contributed by atoms with Crippen LogP contribution in [0.25, 0.3) is 10.2 Å². The number of sulfonamides is 1. The lowest BCUT2D eigenvalue weighted by Gasteiger charge is -2.18. The molecule has 0 amide bonds. The van der Waals surface area contributed by atoms with Gasteiger partial charge < -0.3 is 0 Å². The van der Waals surface area contributed by atoms with Gasteiger partial charge in [-0.25, -0.2) is 18.1 Å². The number of hydrogen-bond acceptors (Lipinski definition) is 6. The van der Waals surface area contributed by atoms with E-state index in [9.17, 15) is 13.2 Å². The van der Waals surface area contributed by atoms with Crippen molar-refractivity contribution in [2.45, 2.75) is 69.5 Å². The topological polar surface area (TPSA) is 81.1 Å². The molecule has 2 aliphatic carbocycles. The normalized spacial score (nSPS) is 18.0. The number of fused-ring (bicyclic) bond motifs is 3. The number of nitrogens with one attached hydrogen (secondary N) is 1. The molecule has 0 radical (unpaired) electrons. The van der Waals surface area contributed by atoms with Gasteiger partial charge in [-0.1, -0.05) is 24.6 Å². The Bertz CT molecular complexity index is 1020. The summed E-state index contributed by atoms with van der Waals surface area (Å²) in [6.07, 6.45) is 8.73. The van der Waals surface area contributed by atoms with Crippen molar-refractivity contribution in [3.8, 4) is 0 Å². The molecule has 0 saturated heterocycles. The summed E-state index contributed by atoms with van der Waals surface area (Å²) in [6, 6.07) is 0.221. The highest BCUT2D eigenvalue weighted by atomic mass is 32.2. The molecule has 2 heterocycles. The summed E-state index contributed by atoms with van der Waals surface area (Å²) in [7, 11) is -3.19. The zero-order valence-electron chi connectivity index (χ0n) is 16.2. The first-order chi connectivity index (χ1) is 13.5. The second kappa shape index (κ2) is 8.45. The minimum absolute atomic E-state index is 0.0788. The third kappa shape index (κ3) is 4.04. The van der Waals surface area contributed by atoms with Crippen LogP contribution >= 0.6 is 23.1 Å². The van der Waals surface area contributed by atoms with E-state index in [-0.39, 0.29) is 17.4 Å². The van der Waals surface area contributed by atoms with Crippen molar-refractivity contribution in [2.24, 2.45) is 0 Å². The highest BCUT2D eigenvalue weighted by Crippen LogP contribution is 2.37. The summed E-state index contributed by atoms with van der Waals surface area (Å²) in [4.78, 5) is 20.6. The SMILES string of the molecule is CCS(=O)(=O)NCCSc1nc2sc3c(c2c(=O)n1C1CCCC1)CCCC3. The van der Waals surface area contributed by atoms with E-state index in [4.69, 9.17) is 4.98 Å². The summed E-state index contributed by atoms with van der Waals surface area (Å²) in [5.41, 5.74) is 1.36. The molecule has 2 aromatic heterocycles. The van der Waals surface area contributed by atoms with E-state index in [2.05, 4.69) is 4.72 Å². The van der Waals surface area contributed by atoms with Gasteiger partial charge in [0.2, 0.25) is 10.0 Å². The molecule has 2 aromatic rings. The van der Waals surface area contributed by atoms with E-state index < -0.39 is 10.0 Å². The number of rotatable bonds is 7. The Morgan fingerprint density at radius 1 is 1.21 bits per heavy atom. The molecule has 0 aromatic carbocycles. The van der Waals surface area contributed by atoms with E-state index in [1.54, 1.807) is 18.3 Å². The maximum atomic E-state index is 13.5. The molecule has 0 atom stereocenters. The highest BCUT2D eigenvalue weighted by Gasteiger charge is 2.26. The number of aromatic nitrogens is 2. The maximum absolute atomic E-state index is 13.5. The van der Waals surface area contributed by atoms with Gasteiger partial charge in [-0.15, -0.1) is 11.3 Å². The van der Waals surface area contributed by atoms with Crippen molar-refractivity contribution < 1.29 is 8.42 Å². The molecule has 1 N–H and O–H groups in total. The molecule has 0 unspecified atom stereocenters. The van der Waals surface area contributed by atoms with Crippen LogP contribution in [-0.2, 0) is 22.9 Å². The summed E-state index contributed by atoms with van der Waals surface area (Å²) in [6.45, 7) is 1.97. The predicted octanol–water partition coefficient (Wildman–Crippen LogP) is 3.48. The molecule has 0 bridgehead atoms. The molecule has 9 heteroatoms. The highest BCUT2D eigenvalue weighted by molar-refractivity contribution is 7.99. The van der Waals surface area contributed by atoms with Gasteiger partial charge >= 0.3 is 0 Å². The molecular formula is C19H27N3O3S3. The maximum Gasteiger partial charge on any atom is 0.263 e. The molecule has 154 valence electrons. The lowest BCUT2D eigenvalue weighted by Crippen LogP contribution is -2.29. The summed E-state index contributed by atoms with van der Waals surface area (Å²) in [5.74, 6) is 0.643. The first-order valence-corrected chi connectivity index (χ1v) is 13.6. The Kier molecular flexibility index (Phi) is 6.15. The molecule has 1 fully saturated rings. The van der Waals surface area contributed by atoms with E-state index in [1.165, 1.54) is 28.6 Å². The summed E-state index contributed by atoms with van der Waals surface area (Å²) >= 11 is 3.17. The van der Waals surface area contributed by atoms with Gasteiger partial charge in [0.1, 0.15) is 4.83 Å². The van der Waals surface area contributed by atoms with Crippen LogP contribution < -0.4 is 10.3 Å². The largest absolute Gasteiger partial charge is 0.284 e. The zero-order valence-corrected chi connectivity index (χ0v) is 18.6. The van der Waals surface area contributed by atoms with Crippen molar-refractivity contribution in [2.75, 3.05) is 18.1 Å². The fourth-order valence-electron chi connectivity index (χ4n) is 4.23. The number of hydrogen-bond donors (Lipinski definition) is 1. The van der Waals surface area contributed by atoms with Gasteiger partial charge in [0, 0.05) is 23.2 Å². The van der Waals surface area contributed by atoms with Crippen molar-refractivity contribution in [3.05, 3.63) is 20.8 Å². The van der Waals surface area contributed by atoms with Crippen LogP contribution in [0.5, 0.6) is 0 Å². The number of thiophene rings is 1. The number of thioether (sulfide) groups is 1. The van der Waals surface area contributed by atoms with Crippen LogP contribution in [0.15, 0.2) is 9.95 Å². The first kappa shape index (κ1) is 20.4. The van der Waals surface area contributed by atoms with E-state index in [0.29, 0.717) is 12.3 Å². The Morgan fingerprint density at radius 2 is 1.96 bits per heavy atom. The van der Waals surface area contributed by atoms with E-state index >= 15 is 0 Å². The lowest BCUT2D eigenvalue weighted by atomic mass is 9.97. The third-order valence-electron chi connectivity index (χ3n) is 5.71. The third-order valence-corrected chi connectivity index (χ3v) is 9.26. The smallest absolute Gasteiger partial charge is 0.263 e. The lowest BCUT2D eigenvalue weighted by molar-refractivity contribution is 0.457. The van der Waals surface area contributed by atoms with Crippen LogP contribution in [0.3, 0.4) is 0 Å². The molecular weight excluding hydrogens is 414 g/mol. The minimum atomic E-state index is -3.19. The van der Waals surface area contributed by atoms with Crippen LogP contribution in [0.1, 0.15) is 61.9 Å². The molecule has 1 saturated carbocycles. The average Bonchev–Trinajstić information content (AvgIpc) is 3.32. The zero-order chi connectivity index (χ0) is 19.7. The van der Waals surface area contributed by atoms with Crippen LogP contribution in [0.4, 0.5) is 0 Å². The van der Waals surface area contributed by atoms with Gasteiger partial charge in [-0.2, -0.15) is 0 Å². The number of aryl methyl sites for hydroxylation is 2. The van der Waals surface area contributed by atoms with Crippen molar-refractivity contribution >= 4 is 43.3 Å². The van der Waals surface area contributed by atoms with Crippen LogP contribution in [0, 0.1) is 0 Å². The van der Waals surface area contributed by atoms with E-state index in [1.807, 2.05) is 4.57 Å². The Hall–Kier alpha value is -0.900. The summed E-state index contributed by atoms with van der Waals surface area (Å²) < 4.78 is 27.8. The fourth-order valence-corrected chi connectivity index (χ4v) is 7.20. The van der Waals surface area contributed by atoms with Crippen molar-refractivity contribution in [1.82, 2.24) is 14.3 Å². The standard InChI is InChI=1S/C19H27N3O3S3/c1-2-28(24,25)20-11-12-26-19-21-17-16(14-9-5-6-10-15(14)27-17)18(23)22(19)13-7-3-4-8-13/h13,20H,2-12H2,1H3. The second-order valence-electron chi connectivity index (χ2n) is 7.55. The van der Waals surface area contributed by atoms with Crippen LogP contribution in [0.2, 0.25) is 0 Å². The molecule has 28 heavy (non-hydrogen) atoms. The Balaban J connectivity index is 1.68. The summed E-state index contributed by atoms with van der Waals surface area (Å²) in [5, 5.41) is 1.60.